The summed E-state index contributed by atoms with van der Waals surface area (Å²) < 4.78 is 5.31. The summed E-state index contributed by atoms with van der Waals surface area (Å²) in [5.74, 6) is -0.125. The maximum atomic E-state index is 12.1. The van der Waals surface area contributed by atoms with Crippen LogP contribution in [0.4, 0.5) is 4.79 Å². The molecule has 0 aromatic heterocycles. The van der Waals surface area contributed by atoms with Crippen LogP contribution in [0.2, 0.25) is 0 Å². The lowest BCUT2D eigenvalue weighted by molar-refractivity contribution is -0.0671. The Kier molecular flexibility index (Phi) is 5.20. The lowest BCUT2D eigenvalue weighted by Crippen LogP contribution is -2.49. The minimum Gasteiger partial charge on any atom is -0.445 e. The second kappa shape index (κ2) is 6.91. The Labute approximate surface area is 125 Å². The first-order valence-corrected chi connectivity index (χ1v) is 7.32. The Morgan fingerprint density at radius 1 is 1.43 bits per heavy atom. The molecule has 1 aliphatic rings. The second-order valence-electron chi connectivity index (χ2n) is 5.84. The predicted molar refractivity (Wildman–Crippen MR) is 78.6 cm³/mol. The molecule has 0 unspecified atom stereocenters. The molecule has 0 spiro atoms. The van der Waals surface area contributed by atoms with Gasteiger partial charge >= 0.3 is 6.09 Å². The topological polar surface area (TPSA) is 70.0 Å². The van der Waals surface area contributed by atoms with Crippen molar-refractivity contribution in [3.8, 4) is 0 Å². The molecule has 5 heteroatoms. The highest BCUT2D eigenvalue weighted by atomic mass is 16.6. The molecule has 116 valence electrons. The molecule has 21 heavy (non-hydrogen) atoms. The van der Waals surface area contributed by atoms with Crippen LogP contribution < -0.4 is 0 Å². The second-order valence-corrected chi connectivity index (χ2v) is 5.84. The molecule has 0 radical (unpaired) electrons. The number of nitrogens with zero attached hydrogens (tertiary/aromatic N) is 1. The van der Waals surface area contributed by atoms with E-state index in [9.17, 15) is 15.0 Å². The summed E-state index contributed by atoms with van der Waals surface area (Å²) >= 11 is 0. The number of rotatable bonds is 4. The lowest BCUT2D eigenvalue weighted by Gasteiger charge is -2.39. The first-order valence-electron chi connectivity index (χ1n) is 7.32. The van der Waals surface area contributed by atoms with Crippen molar-refractivity contribution in [1.82, 2.24) is 4.90 Å². The van der Waals surface area contributed by atoms with Crippen LogP contribution in [0.1, 0.15) is 25.3 Å². The van der Waals surface area contributed by atoms with Crippen LogP contribution in [-0.2, 0) is 11.3 Å². The number of benzene rings is 1. The number of aliphatic hydroxyl groups excluding tert-OH is 1. The fraction of sp³-hybridized carbons (Fsp3) is 0.562. The van der Waals surface area contributed by atoms with Gasteiger partial charge in [-0.3, -0.25) is 0 Å². The van der Waals surface area contributed by atoms with Gasteiger partial charge < -0.3 is 19.8 Å². The van der Waals surface area contributed by atoms with Crippen molar-refractivity contribution >= 4 is 6.09 Å². The summed E-state index contributed by atoms with van der Waals surface area (Å²) in [6.07, 6.45) is 1.24. The maximum absolute atomic E-state index is 12.1. The fourth-order valence-electron chi connectivity index (χ4n) is 2.59. The molecule has 1 saturated heterocycles. The molecule has 0 saturated carbocycles. The van der Waals surface area contributed by atoms with Gasteiger partial charge in [-0.1, -0.05) is 30.3 Å². The maximum Gasteiger partial charge on any atom is 0.410 e. The molecule has 2 N–H and O–H groups in total. The van der Waals surface area contributed by atoms with Crippen molar-refractivity contribution in [1.29, 1.82) is 0 Å². The minimum absolute atomic E-state index is 0.125. The average Bonchev–Trinajstić information content (AvgIpc) is 2.53. The molecule has 2 rings (SSSR count). The Hall–Kier alpha value is -1.59. The number of hydrogen-bond donors (Lipinski definition) is 2. The molecular formula is C16H23NO4. The zero-order valence-corrected chi connectivity index (χ0v) is 12.4. The number of aliphatic hydroxyl groups is 2. The molecule has 1 aromatic carbocycles. The van der Waals surface area contributed by atoms with E-state index in [0.717, 1.165) is 18.4 Å². The van der Waals surface area contributed by atoms with E-state index in [1.807, 2.05) is 30.3 Å². The largest absolute Gasteiger partial charge is 0.445 e. The third-order valence-corrected chi connectivity index (χ3v) is 4.08. The predicted octanol–water partition coefficient (Wildman–Crippen LogP) is 1.78. The number of carbonyl (C=O) groups excluding carboxylic acids is 1. The molecule has 1 fully saturated rings. The first kappa shape index (κ1) is 15.8. The summed E-state index contributed by atoms with van der Waals surface area (Å²) in [6.45, 7) is 2.60. The van der Waals surface area contributed by atoms with E-state index in [1.54, 1.807) is 11.8 Å². The molecule has 0 aliphatic carbocycles. The molecular weight excluding hydrogens is 270 g/mol. The highest BCUT2D eigenvalue weighted by Gasteiger charge is 2.36. The smallest absolute Gasteiger partial charge is 0.410 e. The van der Waals surface area contributed by atoms with Crippen LogP contribution in [0.15, 0.2) is 30.3 Å². The van der Waals surface area contributed by atoms with Crippen LogP contribution in [0.25, 0.3) is 0 Å². The van der Waals surface area contributed by atoms with Gasteiger partial charge in [0, 0.05) is 19.0 Å². The van der Waals surface area contributed by atoms with Crippen molar-refractivity contribution < 1.29 is 19.7 Å². The van der Waals surface area contributed by atoms with E-state index in [0.29, 0.717) is 13.1 Å². The summed E-state index contributed by atoms with van der Waals surface area (Å²) in [6, 6.07) is 9.53. The summed E-state index contributed by atoms with van der Waals surface area (Å²) in [4.78, 5) is 13.7. The Balaban J connectivity index is 1.87. The van der Waals surface area contributed by atoms with Crippen molar-refractivity contribution in [2.24, 2.45) is 5.92 Å². The van der Waals surface area contributed by atoms with E-state index in [4.69, 9.17) is 4.74 Å². The molecule has 1 aliphatic heterocycles. The number of carbonyl (C=O) groups is 1. The first-order chi connectivity index (χ1) is 10.0. The van der Waals surface area contributed by atoms with Gasteiger partial charge in [0.2, 0.25) is 0 Å². The molecule has 0 bridgehead atoms. The zero-order valence-electron chi connectivity index (χ0n) is 12.4. The van der Waals surface area contributed by atoms with E-state index in [2.05, 4.69) is 0 Å². The number of ether oxygens (including phenoxy) is 1. The van der Waals surface area contributed by atoms with Crippen LogP contribution in [-0.4, -0.2) is 46.5 Å². The molecule has 2 atom stereocenters. The number of amides is 1. The van der Waals surface area contributed by atoms with Gasteiger partial charge in [0.15, 0.2) is 0 Å². The number of piperidine rings is 1. The van der Waals surface area contributed by atoms with E-state index < -0.39 is 5.60 Å². The van der Waals surface area contributed by atoms with Gasteiger partial charge in [0.1, 0.15) is 6.61 Å². The van der Waals surface area contributed by atoms with Gasteiger partial charge in [-0.2, -0.15) is 0 Å². The minimum atomic E-state index is -1.15. The van der Waals surface area contributed by atoms with E-state index >= 15 is 0 Å². The van der Waals surface area contributed by atoms with Crippen LogP contribution >= 0.6 is 0 Å². The zero-order chi connectivity index (χ0) is 15.3. The van der Waals surface area contributed by atoms with Crippen molar-refractivity contribution in [3.63, 3.8) is 0 Å². The Bertz CT molecular complexity index is 461. The third-order valence-electron chi connectivity index (χ3n) is 4.08. The summed E-state index contributed by atoms with van der Waals surface area (Å²) in [5.41, 5.74) is -0.208. The third kappa shape index (κ3) is 4.19. The van der Waals surface area contributed by atoms with Crippen LogP contribution in [0, 0.1) is 5.92 Å². The average molecular weight is 293 g/mol. The molecule has 1 aromatic rings. The quantitative estimate of drug-likeness (QED) is 0.888. The Morgan fingerprint density at radius 3 is 2.81 bits per heavy atom. The standard InChI is InChI=1S/C16H23NO4/c1-16(20,12-18)14-8-5-9-17(10-14)15(19)21-11-13-6-3-2-4-7-13/h2-4,6-7,14,18,20H,5,8-12H2,1H3/t14-,16+/m1/s1. The highest BCUT2D eigenvalue weighted by Crippen LogP contribution is 2.27. The van der Waals surface area contributed by atoms with Crippen LogP contribution in [0.3, 0.4) is 0 Å². The summed E-state index contributed by atoms with van der Waals surface area (Å²) in [5, 5.41) is 19.4. The van der Waals surface area contributed by atoms with Gasteiger partial charge in [-0.25, -0.2) is 4.79 Å². The monoisotopic (exact) mass is 293 g/mol. The molecule has 1 heterocycles. The van der Waals surface area contributed by atoms with Crippen LogP contribution in [0.5, 0.6) is 0 Å². The van der Waals surface area contributed by atoms with Gasteiger partial charge in [0.05, 0.1) is 12.2 Å². The molecule has 1 amide bonds. The number of hydrogen-bond acceptors (Lipinski definition) is 4. The Morgan fingerprint density at radius 2 is 2.14 bits per heavy atom. The van der Waals surface area contributed by atoms with Gasteiger partial charge in [-0.05, 0) is 25.3 Å². The van der Waals surface area contributed by atoms with E-state index in [-0.39, 0.29) is 25.2 Å². The van der Waals surface area contributed by atoms with Crippen molar-refractivity contribution in [2.75, 3.05) is 19.7 Å². The summed E-state index contributed by atoms with van der Waals surface area (Å²) in [7, 11) is 0. The number of likely N-dealkylation sites (tertiary alicyclic amines) is 1. The SMILES string of the molecule is C[C@](O)(CO)[C@@H]1CCCN(C(=O)OCc2ccccc2)C1. The highest BCUT2D eigenvalue weighted by molar-refractivity contribution is 5.67. The molecule has 5 nitrogen and oxygen atoms in total. The van der Waals surface area contributed by atoms with E-state index in [1.165, 1.54) is 0 Å². The lowest BCUT2D eigenvalue weighted by atomic mass is 9.83. The van der Waals surface area contributed by atoms with Crippen molar-refractivity contribution in [2.45, 2.75) is 32.0 Å². The van der Waals surface area contributed by atoms with Crippen molar-refractivity contribution in [3.05, 3.63) is 35.9 Å². The van der Waals surface area contributed by atoms with Gasteiger partial charge in [0.25, 0.3) is 0 Å². The normalized spacial score (nSPS) is 21.7. The fourth-order valence-corrected chi connectivity index (χ4v) is 2.59. The van der Waals surface area contributed by atoms with Gasteiger partial charge in [-0.15, -0.1) is 0 Å².